The van der Waals surface area contributed by atoms with Gasteiger partial charge in [-0.2, -0.15) is 5.10 Å². The number of aromatic nitrogens is 3. The lowest BCUT2D eigenvalue weighted by molar-refractivity contribution is -0.386. The monoisotopic (exact) mass is 354 g/mol. The van der Waals surface area contributed by atoms with Crippen LogP contribution in [0.4, 0.5) is 5.69 Å². The van der Waals surface area contributed by atoms with Gasteiger partial charge in [0, 0.05) is 17.9 Å². The van der Waals surface area contributed by atoms with Gasteiger partial charge in [-0.05, 0) is 18.1 Å². The van der Waals surface area contributed by atoms with Crippen molar-refractivity contribution in [2.24, 2.45) is 0 Å². The van der Waals surface area contributed by atoms with Crippen LogP contribution in [0.2, 0.25) is 0 Å². The highest BCUT2D eigenvalue weighted by molar-refractivity contribution is 9.08. The van der Waals surface area contributed by atoms with Crippen LogP contribution < -0.4 is 4.74 Å². The third-order valence-electron chi connectivity index (χ3n) is 2.86. The molecular weight excluding hydrogens is 340 g/mol. The van der Waals surface area contributed by atoms with Crippen LogP contribution in [0.15, 0.2) is 24.5 Å². The van der Waals surface area contributed by atoms with Crippen LogP contribution in [0.3, 0.4) is 0 Å². The van der Waals surface area contributed by atoms with Crippen molar-refractivity contribution in [2.75, 3.05) is 0 Å². The van der Waals surface area contributed by atoms with Gasteiger partial charge in [0.15, 0.2) is 11.6 Å². The fourth-order valence-electron chi connectivity index (χ4n) is 1.85. The number of hydrogen-bond acceptors (Lipinski definition) is 5. The molecule has 1 aromatic heterocycles. The minimum Gasteiger partial charge on any atom is -0.479 e. The molecule has 112 valence electrons. The SMILES string of the molecule is CCCn1ncnc1COc1ccc(CBr)cc1[N+](=O)[O-]. The normalized spacial score (nSPS) is 10.6. The number of halogens is 1. The van der Waals surface area contributed by atoms with Crippen molar-refractivity contribution in [1.29, 1.82) is 0 Å². The second-order valence-corrected chi connectivity index (χ2v) is 4.94. The van der Waals surface area contributed by atoms with E-state index < -0.39 is 4.92 Å². The molecule has 0 radical (unpaired) electrons. The maximum absolute atomic E-state index is 11.1. The molecule has 7 nitrogen and oxygen atoms in total. The summed E-state index contributed by atoms with van der Waals surface area (Å²) in [7, 11) is 0. The van der Waals surface area contributed by atoms with E-state index in [2.05, 4.69) is 26.0 Å². The molecule has 0 saturated carbocycles. The number of hydrogen-bond donors (Lipinski definition) is 0. The van der Waals surface area contributed by atoms with Gasteiger partial charge in [-0.15, -0.1) is 0 Å². The van der Waals surface area contributed by atoms with Gasteiger partial charge >= 0.3 is 5.69 Å². The summed E-state index contributed by atoms with van der Waals surface area (Å²) >= 11 is 3.28. The van der Waals surface area contributed by atoms with Gasteiger partial charge in [-0.25, -0.2) is 9.67 Å². The van der Waals surface area contributed by atoms with Crippen LogP contribution in [0.5, 0.6) is 5.75 Å². The average Bonchev–Trinajstić information content (AvgIpc) is 2.92. The fourth-order valence-corrected chi connectivity index (χ4v) is 2.20. The second-order valence-electron chi connectivity index (χ2n) is 4.38. The molecule has 0 unspecified atom stereocenters. The molecule has 0 aliphatic carbocycles. The Kier molecular flexibility index (Phi) is 5.26. The Balaban J connectivity index is 2.15. The first kappa shape index (κ1) is 15.4. The summed E-state index contributed by atoms with van der Waals surface area (Å²) in [5.74, 6) is 0.881. The molecule has 21 heavy (non-hydrogen) atoms. The Labute approximate surface area is 130 Å². The summed E-state index contributed by atoms with van der Waals surface area (Å²) in [6, 6.07) is 4.89. The molecule has 0 N–H and O–H groups in total. The molecule has 0 aliphatic heterocycles. The van der Waals surface area contributed by atoms with Crippen molar-refractivity contribution in [3.8, 4) is 5.75 Å². The quantitative estimate of drug-likeness (QED) is 0.433. The van der Waals surface area contributed by atoms with Crippen LogP contribution in [0.25, 0.3) is 0 Å². The first-order valence-corrected chi connectivity index (χ1v) is 7.60. The molecule has 2 rings (SSSR count). The number of aryl methyl sites for hydroxylation is 1. The predicted octanol–water partition coefficient (Wildman–Crippen LogP) is 3.07. The lowest BCUT2D eigenvalue weighted by Crippen LogP contribution is -2.09. The zero-order chi connectivity index (χ0) is 15.2. The lowest BCUT2D eigenvalue weighted by atomic mass is 10.2. The van der Waals surface area contributed by atoms with Crippen molar-refractivity contribution in [3.63, 3.8) is 0 Å². The maximum Gasteiger partial charge on any atom is 0.311 e. The second kappa shape index (κ2) is 7.16. The molecule has 1 aromatic carbocycles. The number of nitrogens with zero attached hydrogens (tertiary/aromatic N) is 4. The van der Waals surface area contributed by atoms with Gasteiger partial charge in [0.05, 0.1) is 4.92 Å². The summed E-state index contributed by atoms with van der Waals surface area (Å²) in [4.78, 5) is 14.8. The topological polar surface area (TPSA) is 83.1 Å². The first-order valence-electron chi connectivity index (χ1n) is 6.48. The van der Waals surface area contributed by atoms with E-state index in [0.717, 1.165) is 18.5 Å². The highest BCUT2D eigenvalue weighted by Gasteiger charge is 2.16. The van der Waals surface area contributed by atoms with Gasteiger partial charge in [-0.1, -0.05) is 28.9 Å². The van der Waals surface area contributed by atoms with Crippen molar-refractivity contribution >= 4 is 21.6 Å². The summed E-state index contributed by atoms with van der Waals surface area (Å²) in [5.41, 5.74) is 0.775. The number of alkyl halides is 1. The number of rotatable bonds is 7. The van der Waals surface area contributed by atoms with Crippen LogP contribution in [-0.2, 0) is 18.5 Å². The Morgan fingerprint density at radius 2 is 2.29 bits per heavy atom. The first-order chi connectivity index (χ1) is 10.2. The van der Waals surface area contributed by atoms with Crippen LogP contribution in [0.1, 0.15) is 24.7 Å². The molecule has 0 spiro atoms. The fraction of sp³-hybridized carbons (Fsp3) is 0.385. The number of benzene rings is 1. The van der Waals surface area contributed by atoms with E-state index in [1.54, 1.807) is 16.8 Å². The molecule has 1 heterocycles. The minimum absolute atomic E-state index is 0.0477. The molecule has 8 heteroatoms. The zero-order valence-electron chi connectivity index (χ0n) is 11.5. The zero-order valence-corrected chi connectivity index (χ0v) is 13.1. The lowest BCUT2D eigenvalue weighted by Gasteiger charge is -2.08. The van der Waals surface area contributed by atoms with E-state index in [-0.39, 0.29) is 18.0 Å². The Morgan fingerprint density at radius 3 is 2.95 bits per heavy atom. The Bertz CT molecular complexity index is 630. The van der Waals surface area contributed by atoms with Gasteiger partial charge in [0.25, 0.3) is 0 Å². The molecule has 2 aromatic rings. The standard InChI is InChI=1S/C13H15BrN4O3/c1-2-5-17-13(15-9-16-17)8-21-12-4-3-10(7-14)6-11(12)18(19)20/h3-4,6,9H,2,5,7-8H2,1H3. The van der Waals surface area contributed by atoms with Crippen molar-refractivity contribution in [3.05, 3.63) is 46.0 Å². The van der Waals surface area contributed by atoms with Crippen LogP contribution >= 0.6 is 15.9 Å². The van der Waals surface area contributed by atoms with Gasteiger partial charge in [-0.3, -0.25) is 10.1 Å². The third-order valence-corrected chi connectivity index (χ3v) is 3.51. The van der Waals surface area contributed by atoms with E-state index in [0.29, 0.717) is 11.2 Å². The van der Waals surface area contributed by atoms with Crippen LogP contribution in [-0.4, -0.2) is 19.7 Å². The van der Waals surface area contributed by atoms with E-state index in [1.807, 2.05) is 6.92 Å². The van der Waals surface area contributed by atoms with Gasteiger partial charge < -0.3 is 4.74 Å². The van der Waals surface area contributed by atoms with E-state index in [4.69, 9.17) is 4.74 Å². The highest BCUT2D eigenvalue weighted by Crippen LogP contribution is 2.29. The summed E-state index contributed by atoms with van der Waals surface area (Å²) in [5, 5.41) is 15.7. The highest BCUT2D eigenvalue weighted by atomic mass is 79.9. The molecule has 0 saturated heterocycles. The Hall–Kier alpha value is -1.96. The smallest absolute Gasteiger partial charge is 0.311 e. The molecule has 0 bridgehead atoms. The van der Waals surface area contributed by atoms with Crippen molar-refractivity contribution < 1.29 is 9.66 Å². The van der Waals surface area contributed by atoms with Crippen molar-refractivity contribution in [1.82, 2.24) is 14.8 Å². The number of ether oxygens (including phenoxy) is 1. The minimum atomic E-state index is -0.446. The van der Waals surface area contributed by atoms with Crippen molar-refractivity contribution in [2.45, 2.75) is 31.8 Å². The summed E-state index contributed by atoms with van der Waals surface area (Å²) in [6.45, 7) is 2.92. The van der Waals surface area contributed by atoms with E-state index in [9.17, 15) is 10.1 Å². The maximum atomic E-state index is 11.1. The molecule has 0 fully saturated rings. The molecule has 0 atom stereocenters. The largest absolute Gasteiger partial charge is 0.479 e. The van der Waals surface area contributed by atoms with Crippen LogP contribution in [0, 0.1) is 10.1 Å². The van der Waals surface area contributed by atoms with Gasteiger partial charge in [0.2, 0.25) is 0 Å². The number of nitro groups is 1. The van der Waals surface area contributed by atoms with Gasteiger partial charge in [0.1, 0.15) is 12.9 Å². The third kappa shape index (κ3) is 3.78. The Morgan fingerprint density at radius 1 is 1.48 bits per heavy atom. The molecule has 0 aliphatic rings. The molecule has 0 amide bonds. The van der Waals surface area contributed by atoms with E-state index >= 15 is 0 Å². The summed E-state index contributed by atoms with van der Waals surface area (Å²) in [6.07, 6.45) is 2.38. The average molecular weight is 355 g/mol. The summed E-state index contributed by atoms with van der Waals surface area (Å²) < 4.78 is 7.28. The van der Waals surface area contributed by atoms with E-state index in [1.165, 1.54) is 12.4 Å². The molecular formula is C13H15BrN4O3. The predicted molar refractivity (Wildman–Crippen MR) is 80.4 cm³/mol. The number of nitro benzene ring substituents is 1.